The molecule has 0 spiro atoms. The van der Waals surface area contributed by atoms with Gasteiger partial charge in [-0.1, -0.05) is 19.9 Å². The first-order valence-electron chi connectivity index (χ1n) is 9.62. The van der Waals surface area contributed by atoms with Crippen LogP contribution in [0.15, 0.2) is 42.7 Å². The summed E-state index contributed by atoms with van der Waals surface area (Å²) in [6.07, 6.45) is 5.64. The summed E-state index contributed by atoms with van der Waals surface area (Å²) in [6, 6.07) is 10.5. The lowest BCUT2D eigenvalue weighted by Gasteiger charge is -2.14. The maximum Gasteiger partial charge on any atom is 0.137 e. The van der Waals surface area contributed by atoms with Gasteiger partial charge in [-0.25, -0.2) is 9.97 Å². The summed E-state index contributed by atoms with van der Waals surface area (Å²) in [5, 5.41) is 4.59. The normalized spacial score (nSPS) is 11.5. The van der Waals surface area contributed by atoms with E-state index in [1.807, 2.05) is 24.5 Å². The van der Waals surface area contributed by atoms with E-state index in [2.05, 4.69) is 61.3 Å². The molecular formula is C22H29N5. The zero-order valence-corrected chi connectivity index (χ0v) is 16.7. The number of likely N-dealkylation sites (N-methyl/N-ethyl adjacent to an activating group) is 1. The van der Waals surface area contributed by atoms with Crippen molar-refractivity contribution < 1.29 is 0 Å². The molecule has 0 aliphatic rings. The molecule has 0 radical (unpaired) electrons. The van der Waals surface area contributed by atoms with E-state index in [1.165, 1.54) is 0 Å². The van der Waals surface area contributed by atoms with Crippen LogP contribution >= 0.6 is 0 Å². The van der Waals surface area contributed by atoms with Crippen molar-refractivity contribution in [2.45, 2.75) is 26.7 Å². The Labute approximate surface area is 161 Å². The van der Waals surface area contributed by atoms with Gasteiger partial charge in [-0.3, -0.25) is 4.98 Å². The van der Waals surface area contributed by atoms with Crippen molar-refractivity contribution in [2.75, 3.05) is 32.5 Å². The van der Waals surface area contributed by atoms with E-state index in [0.29, 0.717) is 5.92 Å². The molecule has 0 saturated heterocycles. The van der Waals surface area contributed by atoms with Crippen LogP contribution in [-0.4, -0.2) is 47.0 Å². The van der Waals surface area contributed by atoms with Gasteiger partial charge >= 0.3 is 0 Å². The lowest BCUT2D eigenvalue weighted by molar-refractivity contribution is 0.425. The molecule has 27 heavy (non-hydrogen) atoms. The van der Waals surface area contributed by atoms with Gasteiger partial charge in [0.25, 0.3) is 0 Å². The summed E-state index contributed by atoms with van der Waals surface area (Å²) in [5.74, 6) is 2.49. The Kier molecular flexibility index (Phi) is 6.35. The molecule has 5 heteroatoms. The fourth-order valence-electron chi connectivity index (χ4n) is 2.96. The molecule has 0 aliphatic carbocycles. The maximum absolute atomic E-state index is 4.85. The van der Waals surface area contributed by atoms with Gasteiger partial charge in [-0.2, -0.15) is 0 Å². The average Bonchev–Trinajstić information content (AvgIpc) is 2.66. The highest BCUT2D eigenvalue weighted by molar-refractivity contribution is 5.92. The molecular weight excluding hydrogens is 334 g/mol. The molecule has 0 atom stereocenters. The minimum absolute atomic E-state index is 0.642. The molecule has 0 fully saturated rings. The molecule has 3 aromatic rings. The SMILES string of the molecule is CC(C)CCc1nc(NCCN(C)C)c2cc(-c3ccncc3)ccc2n1. The number of aromatic nitrogens is 3. The van der Waals surface area contributed by atoms with Gasteiger partial charge in [0.05, 0.1) is 5.52 Å². The molecule has 3 rings (SSSR count). The zero-order chi connectivity index (χ0) is 19.2. The summed E-state index contributed by atoms with van der Waals surface area (Å²) in [5.41, 5.74) is 3.29. The average molecular weight is 364 g/mol. The van der Waals surface area contributed by atoms with Crippen molar-refractivity contribution in [3.8, 4) is 11.1 Å². The number of nitrogens with zero attached hydrogens (tertiary/aromatic N) is 4. The van der Waals surface area contributed by atoms with Gasteiger partial charge in [0.1, 0.15) is 11.6 Å². The van der Waals surface area contributed by atoms with E-state index < -0.39 is 0 Å². The van der Waals surface area contributed by atoms with Crippen LogP contribution in [0.3, 0.4) is 0 Å². The molecule has 1 N–H and O–H groups in total. The quantitative estimate of drug-likeness (QED) is 0.648. The van der Waals surface area contributed by atoms with Crippen LogP contribution in [0, 0.1) is 5.92 Å². The van der Waals surface area contributed by atoms with Crippen LogP contribution < -0.4 is 5.32 Å². The van der Waals surface area contributed by atoms with E-state index >= 15 is 0 Å². The van der Waals surface area contributed by atoms with E-state index in [-0.39, 0.29) is 0 Å². The van der Waals surface area contributed by atoms with Crippen molar-refractivity contribution in [3.05, 3.63) is 48.5 Å². The van der Waals surface area contributed by atoms with Crippen molar-refractivity contribution in [3.63, 3.8) is 0 Å². The lowest BCUT2D eigenvalue weighted by Crippen LogP contribution is -2.21. The van der Waals surface area contributed by atoms with Crippen LogP contribution in [0.1, 0.15) is 26.1 Å². The number of anilines is 1. The molecule has 1 aromatic carbocycles. The fourth-order valence-corrected chi connectivity index (χ4v) is 2.96. The van der Waals surface area contributed by atoms with E-state index in [0.717, 1.165) is 59.6 Å². The first-order valence-corrected chi connectivity index (χ1v) is 9.62. The Hall–Kier alpha value is -2.53. The molecule has 0 unspecified atom stereocenters. The number of pyridine rings is 1. The first-order chi connectivity index (χ1) is 13.0. The third-order valence-corrected chi connectivity index (χ3v) is 4.55. The molecule has 142 valence electrons. The third kappa shape index (κ3) is 5.23. The van der Waals surface area contributed by atoms with Crippen molar-refractivity contribution in [2.24, 2.45) is 5.92 Å². The Morgan fingerprint density at radius 1 is 1.00 bits per heavy atom. The molecule has 0 bridgehead atoms. The highest BCUT2D eigenvalue weighted by atomic mass is 15.1. The fraction of sp³-hybridized carbons (Fsp3) is 0.409. The monoisotopic (exact) mass is 363 g/mol. The molecule has 0 saturated carbocycles. The second-order valence-electron chi connectivity index (χ2n) is 7.62. The largest absolute Gasteiger partial charge is 0.368 e. The second-order valence-corrected chi connectivity index (χ2v) is 7.62. The first kappa shape index (κ1) is 19.2. The standard InChI is InChI=1S/C22H29N5/c1-16(2)5-8-21-25-20-7-6-18(17-9-11-23-12-10-17)15-19(20)22(26-21)24-13-14-27(3)4/h6-7,9-12,15-16H,5,8,13-14H2,1-4H3,(H,24,25,26). The summed E-state index contributed by atoms with van der Waals surface area (Å²) >= 11 is 0. The number of nitrogens with one attached hydrogen (secondary N) is 1. The minimum atomic E-state index is 0.642. The molecule has 2 aromatic heterocycles. The lowest BCUT2D eigenvalue weighted by atomic mass is 10.0. The smallest absolute Gasteiger partial charge is 0.137 e. The number of hydrogen-bond donors (Lipinski definition) is 1. The Balaban J connectivity index is 1.98. The maximum atomic E-state index is 4.85. The topological polar surface area (TPSA) is 53.9 Å². The Morgan fingerprint density at radius 3 is 2.48 bits per heavy atom. The van der Waals surface area contributed by atoms with Crippen LogP contribution in [0.2, 0.25) is 0 Å². The predicted octanol–water partition coefficient (Wildman–Crippen LogP) is 4.25. The third-order valence-electron chi connectivity index (χ3n) is 4.55. The molecule has 5 nitrogen and oxygen atoms in total. The van der Waals surface area contributed by atoms with Crippen LogP contribution in [0.4, 0.5) is 5.82 Å². The van der Waals surface area contributed by atoms with Crippen molar-refractivity contribution >= 4 is 16.7 Å². The molecule has 2 heterocycles. The number of benzene rings is 1. The van der Waals surface area contributed by atoms with Crippen LogP contribution in [0.25, 0.3) is 22.0 Å². The van der Waals surface area contributed by atoms with Gasteiger partial charge in [0.15, 0.2) is 0 Å². The summed E-state index contributed by atoms with van der Waals surface area (Å²) in [6.45, 7) is 6.27. The van der Waals surface area contributed by atoms with E-state index in [1.54, 1.807) is 0 Å². The number of aryl methyl sites for hydroxylation is 1. The van der Waals surface area contributed by atoms with E-state index in [4.69, 9.17) is 9.97 Å². The Bertz CT molecular complexity index is 875. The van der Waals surface area contributed by atoms with Gasteiger partial charge in [-0.15, -0.1) is 0 Å². The van der Waals surface area contributed by atoms with Gasteiger partial charge in [-0.05, 0) is 61.8 Å². The van der Waals surface area contributed by atoms with Gasteiger partial charge in [0, 0.05) is 37.3 Å². The van der Waals surface area contributed by atoms with Gasteiger partial charge in [0.2, 0.25) is 0 Å². The van der Waals surface area contributed by atoms with E-state index in [9.17, 15) is 0 Å². The highest BCUT2D eigenvalue weighted by Gasteiger charge is 2.10. The van der Waals surface area contributed by atoms with Gasteiger partial charge < -0.3 is 10.2 Å². The summed E-state index contributed by atoms with van der Waals surface area (Å²) in [4.78, 5) is 15.9. The number of fused-ring (bicyclic) bond motifs is 1. The predicted molar refractivity (Wildman–Crippen MR) is 113 cm³/mol. The number of hydrogen-bond acceptors (Lipinski definition) is 5. The minimum Gasteiger partial charge on any atom is -0.368 e. The van der Waals surface area contributed by atoms with Crippen LogP contribution in [0.5, 0.6) is 0 Å². The Morgan fingerprint density at radius 2 is 1.78 bits per heavy atom. The number of rotatable bonds is 8. The summed E-state index contributed by atoms with van der Waals surface area (Å²) < 4.78 is 0. The summed E-state index contributed by atoms with van der Waals surface area (Å²) in [7, 11) is 4.16. The van der Waals surface area contributed by atoms with Crippen molar-refractivity contribution in [1.82, 2.24) is 19.9 Å². The zero-order valence-electron chi connectivity index (χ0n) is 16.7. The van der Waals surface area contributed by atoms with Crippen LogP contribution in [-0.2, 0) is 6.42 Å². The molecule has 0 aliphatic heterocycles. The van der Waals surface area contributed by atoms with Crippen molar-refractivity contribution in [1.29, 1.82) is 0 Å². The second kappa shape index (κ2) is 8.91. The molecule has 0 amide bonds. The highest BCUT2D eigenvalue weighted by Crippen LogP contribution is 2.27.